The fourth-order valence-corrected chi connectivity index (χ4v) is 1.98. The van der Waals surface area contributed by atoms with Crippen LogP contribution in [0.3, 0.4) is 0 Å². The molecule has 1 heteroatoms. The van der Waals surface area contributed by atoms with E-state index in [1.165, 1.54) is 11.1 Å². The number of benzene rings is 2. The molecule has 0 unspecified atom stereocenters. The Bertz CT molecular complexity index is 582. The third kappa shape index (κ3) is 14.9. The minimum atomic E-state index is 0. The van der Waals surface area contributed by atoms with E-state index in [0.29, 0.717) is 0 Å². The summed E-state index contributed by atoms with van der Waals surface area (Å²) in [6, 6.07) is 22.1. The van der Waals surface area contributed by atoms with Gasteiger partial charge < -0.3 is 0 Å². The van der Waals surface area contributed by atoms with Crippen LogP contribution in [-0.4, -0.2) is 0 Å². The van der Waals surface area contributed by atoms with Gasteiger partial charge >= 0.3 is 21.7 Å². The second kappa shape index (κ2) is 18.9. The van der Waals surface area contributed by atoms with Crippen molar-refractivity contribution >= 4 is 0 Å². The zero-order valence-corrected chi connectivity index (χ0v) is 18.0. The molecule has 0 amide bonds. The summed E-state index contributed by atoms with van der Waals surface area (Å²) in [4.78, 5) is 0. The number of hydrogen-bond donors (Lipinski definition) is 0. The molecule has 4 rings (SSSR count). The van der Waals surface area contributed by atoms with Gasteiger partial charge in [0.25, 0.3) is 0 Å². The van der Waals surface area contributed by atoms with E-state index in [4.69, 9.17) is 0 Å². The molecule has 0 saturated carbocycles. The molecular weight excluding hydrogens is 360 g/mol. The van der Waals surface area contributed by atoms with Gasteiger partial charge in [0.1, 0.15) is 0 Å². The summed E-state index contributed by atoms with van der Waals surface area (Å²) in [6.07, 6.45) is 22.2. The Morgan fingerprint density at radius 3 is 1.33 bits per heavy atom. The maximum absolute atomic E-state index is 3.01. The van der Waals surface area contributed by atoms with E-state index < -0.39 is 0 Å². The van der Waals surface area contributed by atoms with Crippen LogP contribution in [0.2, 0.25) is 0 Å². The third-order valence-electron chi connectivity index (χ3n) is 3.53. The van der Waals surface area contributed by atoms with E-state index in [9.17, 15) is 0 Å². The van der Waals surface area contributed by atoms with Gasteiger partial charge in [0, 0.05) is 0 Å². The number of allylic oxidation sites excluding steroid dienone is 8. The van der Waals surface area contributed by atoms with Crippen molar-refractivity contribution in [3.63, 3.8) is 0 Å². The Balaban J connectivity index is 0.000000337. The Labute approximate surface area is 181 Å². The molecule has 0 fully saturated rings. The van der Waals surface area contributed by atoms with E-state index in [-0.39, 0.29) is 21.7 Å². The molecule has 0 spiro atoms. The van der Waals surface area contributed by atoms with Gasteiger partial charge in [0.15, 0.2) is 0 Å². The standard InChI is InChI=1S/2C8H9.2C5H5.Ti/c2*1-2-8-6-4-3-5-7-8;2*1-2-4-5-3-1;/h2*3-4,6-7H,2H2,1H3;2*1-3H,4H2;/q4*-1;+4. The molecule has 0 heterocycles. The van der Waals surface area contributed by atoms with Crippen molar-refractivity contribution in [3.05, 3.63) is 120 Å². The van der Waals surface area contributed by atoms with Gasteiger partial charge in [-0.05, 0) is 0 Å². The van der Waals surface area contributed by atoms with Crippen LogP contribution in [0, 0.1) is 24.3 Å². The summed E-state index contributed by atoms with van der Waals surface area (Å²) in [7, 11) is 0. The second-order valence-electron chi connectivity index (χ2n) is 5.54. The predicted octanol–water partition coefficient (Wildman–Crippen LogP) is 6.71. The van der Waals surface area contributed by atoms with Crippen LogP contribution < -0.4 is 0 Å². The molecule has 136 valence electrons. The van der Waals surface area contributed by atoms with Crippen molar-refractivity contribution in [1.82, 2.24) is 0 Å². The summed E-state index contributed by atoms with van der Waals surface area (Å²) in [5, 5.41) is 0. The first kappa shape index (κ1) is 25.1. The number of rotatable bonds is 2. The molecule has 2 aromatic rings. The number of hydrogen-bond acceptors (Lipinski definition) is 0. The van der Waals surface area contributed by atoms with Gasteiger partial charge in [-0.2, -0.15) is 83.9 Å². The molecule has 0 atom stereocenters. The van der Waals surface area contributed by atoms with E-state index >= 15 is 0 Å². The largest absolute Gasteiger partial charge is 4.00 e. The molecular formula is C26H28Ti. The van der Waals surface area contributed by atoms with Crippen LogP contribution in [-0.2, 0) is 34.6 Å². The SMILES string of the molecule is CCc1c[c-]ccc1.CCc1c[c-]ccc1.[C-]1=CC=CC1.[C-]1=CC=CC1.[Ti+4]. The van der Waals surface area contributed by atoms with Gasteiger partial charge in [-0.15, -0.1) is 12.8 Å². The summed E-state index contributed by atoms with van der Waals surface area (Å²) >= 11 is 0. The van der Waals surface area contributed by atoms with Gasteiger partial charge in [-0.3, -0.25) is 12.2 Å². The Kier molecular flexibility index (Phi) is 17.6. The van der Waals surface area contributed by atoms with Gasteiger partial charge in [0.2, 0.25) is 0 Å². The topological polar surface area (TPSA) is 0 Å². The monoisotopic (exact) mass is 388 g/mol. The smallest absolute Gasteiger partial charge is 0.273 e. The van der Waals surface area contributed by atoms with E-state index in [0.717, 1.165) is 25.7 Å². The van der Waals surface area contributed by atoms with Gasteiger partial charge in [0.05, 0.1) is 0 Å². The predicted molar refractivity (Wildman–Crippen MR) is 112 cm³/mol. The Morgan fingerprint density at radius 2 is 1.19 bits per heavy atom. The molecule has 0 nitrogen and oxygen atoms in total. The summed E-state index contributed by atoms with van der Waals surface area (Å²) < 4.78 is 0. The maximum atomic E-state index is 3.01. The minimum absolute atomic E-state index is 0. The Hall–Kier alpha value is -1.89. The zero-order chi connectivity index (χ0) is 18.7. The average molecular weight is 388 g/mol. The maximum Gasteiger partial charge on any atom is 4.00 e. The molecule has 2 aliphatic carbocycles. The van der Waals surface area contributed by atoms with Crippen LogP contribution in [0.5, 0.6) is 0 Å². The molecule has 0 saturated heterocycles. The van der Waals surface area contributed by atoms with Crippen LogP contribution >= 0.6 is 0 Å². The van der Waals surface area contributed by atoms with Crippen molar-refractivity contribution in [2.45, 2.75) is 39.5 Å². The normalized spacial score (nSPS) is 11.9. The molecule has 2 aromatic carbocycles. The molecule has 0 aliphatic heterocycles. The fraction of sp³-hybridized carbons (Fsp3) is 0.231. The fourth-order valence-electron chi connectivity index (χ4n) is 1.98. The quantitative estimate of drug-likeness (QED) is 0.396. The van der Waals surface area contributed by atoms with E-state index in [1.807, 2.05) is 60.7 Å². The Morgan fingerprint density at radius 1 is 0.741 bits per heavy atom. The zero-order valence-electron chi connectivity index (χ0n) is 16.4. The van der Waals surface area contributed by atoms with Crippen molar-refractivity contribution in [2.75, 3.05) is 0 Å². The van der Waals surface area contributed by atoms with Gasteiger partial charge in [-0.1, -0.05) is 26.7 Å². The molecule has 0 N–H and O–H groups in total. The second-order valence-corrected chi connectivity index (χ2v) is 5.54. The first-order valence-electron chi connectivity index (χ1n) is 9.20. The van der Waals surface area contributed by atoms with Gasteiger partial charge in [-0.25, -0.2) is 24.3 Å². The molecule has 2 aliphatic rings. The van der Waals surface area contributed by atoms with Crippen molar-refractivity contribution in [3.8, 4) is 0 Å². The summed E-state index contributed by atoms with van der Waals surface area (Å²) in [5.41, 5.74) is 2.71. The first-order chi connectivity index (χ1) is 12.9. The molecule has 0 bridgehead atoms. The minimum Gasteiger partial charge on any atom is -0.273 e. The first-order valence-corrected chi connectivity index (χ1v) is 9.20. The van der Waals surface area contributed by atoms with Crippen LogP contribution in [0.1, 0.15) is 37.8 Å². The van der Waals surface area contributed by atoms with Crippen LogP contribution in [0.4, 0.5) is 0 Å². The number of aryl methyl sites for hydroxylation is 2. The molecule has 0 radical (unpaired) electrons. The van der Waals surface area contributed by atoms with Crippen molar-refractivity contribution < 1.29 is 21.7 Å². The van der Waals surface area contributed by atoms with E-state index in [1.54, 1.807) is 0 Å². The average Bonchev–Trinajstić information content (AvgIpc) is 3.48. The summed E-state index contributed by atoms with van der Waals surface area (Å²) in [6.45, 7) is 4.28. The van der Waals surface area contributed by atoms with Crippen LogP contribution in [0.15, 0.2) is 85.0 Å². The third-order valence-corrected chi connectivity index (χ3v) is 3.53. The molecule has 27 heavy (non-hydrogen) atoms. The van der Waals surface area contributed by atoms with Crippen molar-refractivity contribution in [2.24, 2.45) is 0 Å². The van der Waals surface area contributed by atoms with Crippen LogP contribution in [0.25, 0.3) is 0 Å². The van der Waals surface area contributed by atoms with Crippen molar-refractivity contribution in [1.29, 1.82) is 0 Å². The van der Waals surface area contributed by atoms with E-state index in [2.05, 4.69) is 62.4 Å². The molecule has 0 aromatic heterocycles. The summed E-state index contributed by atoms with van der Waals surface area (Å²) in [5.74, 6) is 0.